The van der Waals surface area contributed by atoms with Crippen molar-refractivity contribution in [2.24, 2.45) is 0 Å². The summed E-state index contributed by atoms with van der Waals surface area (Å²) >= 11 is 0. The molecule has 0 bridgehead atoms. The van der Waals surface area contributed by atoms with E-state index in [0.29, 0.717) is 59.8 Å². The predicted molar refractivity (Wildman–Crippen MR) is 229 cm³/mol. The molecule has 0 fully saturated rings. The fourth-order valence-electron chi connectivity index (χ4n) is 7.82. The quantitative estimate of drug-likeness (QED) is 0.141. The molecule has 7 rings (SSSR count). The number of nitrogens with zero attached hydrogens (tertiary/aromatic N) is 3. The summed E-state index contributed by atoms with van der Waals surface area (Å²) in [7, 11) is 2.97. The fraction of sp³-hybridized carbons (Fsp3) is 0.348. The zero-order chi connectivity index (χ0) is 43.2. The van der Waals surface area contributed by atoms with Crippen LogP contribution in [-0.2, 0) is 16.1 Å². The van der Waals surface area contributed by atoms with Crippen LogP contribution in [0.4, 0.5) is 21.9 Å². The van der Waals surface area contributed by atoms with Crippen molar-refractivity contribution in [1.29, 1.82) is 0 Å². The van der Waals surface area contributed by atoms with Gasteiger partial charge in [0.25, 0.3) is 11.8 Å². The van der Waals surface area contributed by atoms with E-state index in [2.05, 4.69) is 10.6 Å². The molecule has 61 heavy (non-hydrogen) atoms. The second-order valence-corrected chi connectivity index (χ2v) is 14.9. The lowest BCUT2D eigenvalue weighted by atomic mass is 10.1. The van der Waals surface area contributed by atoms with Gasteiger partial charge in [0.05, 0.1) is 62.0 Å². The maximum absolute atomic E-state index is 14.2. The highest BCUT2D eigenvalue weighted by molar-refractivity contribution is 6.06. The van der Waals surface area contributed by atoms with Crippen LogP contribution in [0.5, 0.6) is 23.0 Å². The van der Waals surface area contributed by atoms with Gasteiger partial charge in [0.1, 0.15) is 6.61 Å². The normalized spacial score (nSPS) is 19.2. The van der Waals surface area contributed by atoms with E-state index in [1.807, 2.05) is 44.4 Å². The number of methoxy groups -OCH3 is 2. The van der Waals surface area contributed by atoms with Gasteiger partial charge < -0.3 is 49.2 Å². The fourth-order valence-corrected chi connectivity index (χ4v) is 7.82. The van der Waals surface area contributed by atoms with Gasteiger partial charge in [-0.05, 0) is 67.7 Å². The number of allylic oxidation sites excluding steroid dienone is 4. The number of rotatable bonds is 14. The van der Waals surface area contributed by atoms with Gasteiger partial charge in [-0.25, -0.2) is 9.69 Å². The van der Waals surface area contributed by atoms with E-state index in [9.17, 15) is 24.3 Å². The van der Waals surface area contributed by atoms with E-state index in [1.54, 1.807) is 54.4 Å². The minimum absolute atomic E-state index is 0.00127. The van der Waals surface area contributed by atoms with Crippen LogP contribution in [0.15, 0.2) is 96.4 Å². The summed E-state index contributed by atoms with van der Waals surface area (Å²) in [5, 5.41) is 18.1. The second kappa shape index (κ2) is 18.7. The molecule has 3 N–H and O–H groups in total. The minimum Gasteiger partial charge on any atom is -0.493 e. The highest BCUT2D eigenvalue weighted by atomic mass is 16.6. The molecule has 15 nitrogen and oxygen atoms in total. The highest BCUT2D eigenvalue weighted by Crippen LogP contribution is 2.43. The molecule has 4 heterocycles. The summed E-state index contributed by atoms with van der Waals surface area (Å²) < 4.78 is 29.4. The number of amides is 4. The van der Waals surface area contributed by atoms with Crippen LogP contribution in [0.25, 0.3) is 0 Å². The van der Waals surface area contributed by atoms with Gasteiger partial charge in [0, 0.05) is 49.6 Å². The number of aliphatic hydroxyl groups excluding tert-OH is 1. The molecule has 3 aromatic rings. The molecule has 0 spiro atoms. The minimum atomic E-state index is -1.48. The van der Waals surface area contributed by atoms with Crippen LogP contribution in [0, 0.1) is 0 Å². The van der Waals surface area contributed by atoms with E-state index in [-0.39, 0.29) is 60.4 Å². The predicted octanol–water partition coefficient (Wildman–Crippen LogP) is 7.15. The standard InChI is InChI=1S/C46H51N5O10/c1-6-10-29-18-32-24-47-35-22-40(38(57-4)20-33(35)43(53)49(32)25-29)59-16-9-17-60-41-23-36-34(21-39(41)58-5)44(54)50-26-30(11-7-2)19-37(50)45(55)51(36)46(56)61-27-28-12-14-31(15-13-28)48-42(52)8-3/h6-7,10-15,20-23,25-26,32,37,45,47,55H,8-9,16-19,24,27H2,1-5H3,(H,48,52)/b10-6+,11-7+/t32?,37-,45-/m0/s1. The maximum Gasteiger partial charge on any atom is 0.416 e. The van der Waals surface area contributed by atoms with Crippen molar-refractivity contribution in [3.8, 4) is 23.0 Å². The molecule has 3 atom stereocenters. The van der Waals surface area contributed by atoms with Crippen LogP contribution in [0.2, 0.25) is 0 Å². The van der Waals surface area contributed by atoms with Crippen LogP contribution in [-0.4, -0.2) is 91.0 Å². The Morgan fingerprint density at radius 2 is 1.46 bits per heavy atom. The topological polar surface area (TPSA) is 168 Å². The van der Waals surface area contributed by atoms with Crippen molar-refractivity contribution in [3.05, 3.63) is 113 Å². The molecule has 15 heteroatoms. The Morgan fingerprint density at radius 3 is 2.11 bits per heavy atom. The number of hydrogen-bond acceptors (Lipinski definition) is 11. The molecule has 0 saturated heterocycles. The third kappa shape index (κ3) is 8.92. The van der Waals surface area contributed by atoms with Crippen LogP contribution >= 0.6 is 0 Å². The van der Waals surface area contributed by atoms with Crippen LogP contribution < -0.4 is 34.5 Å². The summed E-state index contributed by atoms with van der Waals surface area (Å²) in [6, 6.07) is 12.6. The average Bonchev–Trinajstić information content (AvgIpc) is 3.84. The molecule has 320 valence electrons. The smallest absolute Gasteiger partial charge is 0.416 e. The summed E-state index contributed by atoms with van der Waals surface area (Å²) in [4.78, 5) is 57.9. The number of aliphatic hydroxyl groups is 1. The van der Waals surface area contributed by atoms with Crippen molar-refractivity contribution in [1.82, 2.24) is 9.80 Å². The number of benzene rings is 3. The van der Waals surface area contributed by atoms with Gasteiger partial charge >= 0.3 is 6.09 Å². The Morgan fingerprint density at radius 1 is 0.836 bits per heavy atom. The lowest BCUT2D eigenvalue weighted by molar-refractivity contribution is -0.115. The molecule has 0 radical (unpaired) electrons. The monoisotopic (exact) mass is 833 g/mol. The lowest BCUT2D eigenvalue weighted by Gasteiger charge is -2.31. The molecule has 0 saturated carbocycles. The average molecular weight is 834 g/mol. The molecule has 0 aromatic heterocycles. The number of fused-ring (bicyclic) bond motifs is 4. The number of nitrogens with one attached hydrogen (secondary N) is 2. The number of hydrogen-bond donors (Lipinski definition) is 3. The van der Waals surface area contributed by atoms with Crippen molar-refractivity contribution >= 4 is 40.9 Å². The Kier molecular flexibility index (Phi) is 13.0. The lowest BCUT2D eigenvalue weighted by Crippen LogP contribution is -2.50. The van der Waals surface area contributed by atoms with Crippen LogP contribution in [0.3, 0.4) is 0 Å². The Hall–Kier alpha value is -6.74. The van der Waals surface area contributed by atoms with Crippen molar-refractivity contribution in [2.45, 2.75) is 71.4 Å². The molecule has 3 aromatic carbocycles. The molecule has 4 amide bonds. The first kappa shape index (κ1) is 42.4. The second-order valence-electron chi connectivity index (χ2n) is 14.9. The highest BCUT2D eigenvalue weighted by Gasteiger charge is 2.45. The first-order valence-corrected chi connectivity index (χ1v) is 20.4. The van der Waals surface area contributed by atoms with Crippen molar-refractivity contribution in [2.75, 3.05) is 49.5 Å². The first-order chi connectivity index (χ1) is 29.6. The molecule has 1 unspecified atom stereocenters. The molecular weight excluding hydrogens is 783 g/mol. The largest absolute Gasteiger partial charge is 0.493 e. The number of anilines is 3. The number of carbonyl (C=O) groups is 4. The third-order valence-electron chi connectivity index (χ3n) is 10.9. The number of ether oxygens (including phenoxy) is 5. The summed E-state index contributed by atoms with van der Waals surface area (Å²) in [6.07, 6.45) is 10.7. The van der Waals surface area contributed by atoms with Gasteiger partial charge in [-0.15, -0.1) is 0 Å². The molecular formula is C46H51N5O10. The summed E-state index contributed by atoms with van der Waals surface area (Å²) in [5.74, 6) is 0.686. The summed E-state index contributed by atoms with van der Waals surface area (Å²) in [5.41, 5.74) is 4.52. The Balaban J connectivity index is 1.07. The van der Waals surface area contributed by atoms with Crippen molar-refractivity contribution < 1.29 is 48.0 Å². The Labute approximate surface area is 354 Å². The van der Waals surface area contributed by atoms with E-state index >= 15 is 0 Å². The third-order valence-corrected chi connectivity index (χ3v) is 10.9. The maximum atomic E-state index is 14.2. The van der Waals surface area contributed by atoms with E-state index in [0.717, 1.165) is 22.5 Å². The van der Waals surface area contributed by atoms with E-state index in [1.165, 1.54) is 31.3 Å². The zero-order valence-electron chi connectivity index (χ0n) is 34.9. The summed E-state index contributed by atoms with van der Waals surface area (Å²) in [6.45, 7) is 6.39. The van der Waals surface area contributed by atoms with Gasteiger partial charge in [-0.3, -0.25) is 14.4 Å². The van der Waals surface area contributed by atoms with Gasteiger partial charge in [0.15, 0.2) is 29.2 Å². The SMILES string of the molecule is C/C=C/C1=CN2C(=O)c3cc(OC)c(OCCCOc4cc5c(cc4OC)C(=O)N4C=C(/C=C/C)C[C@H]4[C@H](O)N5C(=O)OCc4ccc(NC(=O)CC)cc4)cc3NCC2C1. The van der Waals surface area contributed by atoms with Gasteiger partial charge in [-0.2, -0.15) is 0 Å². The van der Waals surface area contributed by atoms with Crippen molar-refractivity contribution in [3.63, 3.8) is 0 Å². The van der Waals surface area contributed by atoms with E-state index in [4.69, 9.17) is 23.7 Å². The molecule has 0 aliphatic carbocycles. The van der Waals surface area contributed by atoms with Gasteiger partial charge in [0.2, 0.25) is 5.91 Å². The molecule has 4 aliphatic rings. The molecule has 4 aliphatic heterocycles. The number of carbonyl (C=O) groups excluding carboxylic acids is 4. The first-order valence-electron chi connectivity index (χ1n) is 20.4. The van der Waals surface area contributed by atoms with E-state index < -0.39 is 24.3 Å². The van der Waals surface area contributed by atoms with Gasteiger partial charge in [-0.1, -0.05) is 43.4 Å². The Bertz CT molecular complexity index is 2300. The van der Waals surface area contributed by atoms with Crippen LogP contribution in [0.1, 0.15) is 72.7 Å². The zero-order valence-corrected chi connectivity index (χ0v) is 34.9.